The van der Waals surface area contributed by atoms with Crippen LogP contribution in [0.25, 0.3) is 11.3 Å². The Bertz CT molecular complexity index is 506. The first-order valence-corrected chi connectivity index (χ1v) is 6.18. The lowest BCUT2D eigenvalue weighted by atomic mass is 9.86. The highest BCUT2D eigenvalue weighted by Crippen LogP contribution is 2.25. The molecule has 0 aliphatic heterocycles. The summed E-state index contributed by atoms with van der Waals surface area (Å²) >= 11 is 0. The van der Waals surface area contributed by atoms with E-state index in [0.717, 1.165) is 11.3 Å². The van der Waals surface area contributed by atoms with Crippen molar-refractivity contribution in [2.45, 2.75) is 32.6 Å². The maximum atomic E-state index is 8.84. The van der Waals surface area contributed by atoms with Crippen LogP contribution in [0.1, 0.15) is 32.1 Å². The van der Waals surface area contributed by atoms with Crippen molar-refractivity contribution in [2.75, 3.05) is 6.61 Å². The molecule has 1 N–H and O–H groups in total. The quantitative estimate of drug-likeness (QED) is 0.903. The summed E-state index contributed by atoms with van der Waals surface area (Å²) in [6.45, 7) is 6.66. The van der Waals surface area contributed by atoms with E-state index in [9.17, 15) is 0 Å². The molecule has 1 aromatic carbocycles. The Kier molecular flexibility index (Phi) is 3.53. The lowest BCUT2D eigenvalue weighted by Gasteiger charge is -2.18. The third-order valence-corrected chi connectivity index (χ3v) is 2.96. The van der Waals surface area contributed by atoms with Gasteiger partial charge in [0.1, 0.15) is 11.5 Å². The molecule has 3 nitrogen and oxygen atoms in total. The van der Waals surface area contributed by atoms with Crippen LogP contribution < -0.4 is 0 Å². The van der Waals surface area contributed by atoms with E-state index in [-0.39, 0.29) is 12.0 Å². The molecule has 0 bridgehead atoms. The summed E-state index contributed by atoms with van der Waals surface area (Å²) in [4.78, 5) is 0. The minimum absolute atomic E-state index is 0.0809. The van der Waals surface area contributed by atoms with E-state index >= 15 is 0 Å². The van der Waals surface area contributed by atoms with Gasteiger partial charge in [-0.2, -0.15) is 0 Å². The minimum atomic E-state index is 0.0809. The zero-order chi connectivity index (χ0) is 13.2. The molecule has 18 heavy (non-hydrogen) atoms. The van der Waals surface area contributed by atoms with E-state index in [1.807, 2.05) is 6.07 Å². The van der Waals surface area contributed by atoms with E-state index in [1.54, 1.807) is 0 Å². The molecule has 0 fully saturated rings. The molecule has 0 saturated heterocycles. The van der Waals surface area contributed by atoms with Crippen LogP contribution in [0.2, 0.25) is 0 Å². The second-order valence-electron chi connectivity index (χ2n) is 5.48. The molecule has 0 saturated carbocycles. The van der Waals surface area contributed by atoms with E-state index < -0.39 is 0 Å². The van der Waals surface area contributed by atoms with Crippen molar-refractivity contribution in [1.29, 1.82) is 0 Å². The van der Waals surface area contributed by atoms with Crippen LogP contribution in [0.3, 0.4) is 0 Å². The second kappa shape index (κ2) is 4.94. The third kappa shape index (κ3) is 2.79. The zero-order valence-electron chi connectivity index (χ0n) is 11.1. The predicted molar refractivity (Wildman–Crippen MR) is 71.4 cm³/mol. The first-order chi connectivity index (χ1) is 8.50. The van der Waals surface area contributed by atoms with Gasteiger partial charge in [0.15, 0.2) is 0 Å². The first kappa shape index (κ1) is 12.8. The van der Waals surface area contributed by atoms with Crippen molar-refractivity contribution < 1.29 is 9.63 Å². The van der Waals surface area contributed by atoms with Gasteiger partial charge in [-0.15, -0.1) is 0 Å². The average molecular weight is 245 g/mol. The number of hydrogen-bond acceptors (Lipinski definition) is 3. The third-order valence-electron chi connectivity index (χ3n) is 2.96. The highest BCUT2D eigenvalue weighted by molar-refractivity contribution is 5.59. The van der Waals surface area contributed by atoms with Gasteiger partial charge in [0.2, 0.25) is 0 Å². The molecule has 1 aromatic heterocycles. The van der Waals surface area contributed by atoms with E-state index in [2.05, 4.69) is 50.2 Å². The van der Waals surface area contributed by atoms with Gasteiger partial charge in [0.25, 0.3) is 0 Å². The van der Waals surface area contributed by atoms with Crippen LogP contribution in [-0.2, 0) is 11.8 Å². The highest BCUT2D eigenvalue weighted by atomic mass is 16.5. The molecule has 0 spiro atoms. The van der Waals surface area contributed by atoms with Crippen molar-refractivity contribution in [3.8, 4) is 11.3 Å². The summed E-state index contributed by atoms with van der Waals surface area (Å²) in [5, 5.41) is 12.8. The largest absolute Gasteiger partial charge is 0.396 e. The Labute approximate surface area is 107 Å². The van der Waals surface area contributed by atoms with Crippen LogP contribution in [0.4, 0.5) is 0 Å². The van der Waals surface area contributed by atoms with Crippen molar-refractivity contribution in [3.63, 3.8) is 0 Å². The molecular formula is C15H19NO2. The molecule has 96 valence electrons. The van der Waals surface area contributed by atoms with Crippen molar-refractivity contribution in [3.05, 3.63) is 41.7 Å². The normalized spacial score (nSPS) is 11.8. The summed E-state index contributed by atoms with van der Waals surface area (Å²) in [5.41, 5.74) is 3.31. The SMILES string of the molecule is CC(C)(C)c1ccc(-c2cc(CCO)on2)cc1. The molecule has 0 aliphatic rings. The lowest BCUT2D eigenvalue weighted by molar-refractivity contribution is 0.277. The molecular weight excluding hydrogens is 226 g/mol. The highest BCUT2D eigenvalue weighted by Gasteiger charge is 2.13. The van der Waals surface area contributed by atoms with Gasteiger partial charge >= 0.3 is 0 Å². The lowest BCUT2D eigenvalue weighted by Crippen LogP contribution is -2.10. The second-order valence-corrected chi connectivity index (χ2v) is 5.48. The summed E-state index contributed by atoms with van der Waals surface area (Å²) in [7, 11) is 0. The van der Waals surface area contributed by atoms with Crippen LogP contribution in [0, 0.1) is 0 Å². The number of aliphatic hydroxyl groups is 1. The fourth-order valence-corrected chi connectivity index (χ4v) is 1.82. The van der Waals surface area contributed by atoms with Crippen LogP contribution in [0.5, 0.6) is 0 Å². The van der Waals surface area contributed by atoms with E-state index in [0.29, 0.717) is 12.2 Å². The van der Waals surface area contributed by atoms with Gasteiger partial charge in [-0.3, -0.25) is 0 Å². The summed E-state index contributed by atoms with van der Waals surface area (Å²) in [5.74, 6) is 0.715. The van der Waals surface area contributed by atoms with Gasteiger partial charge in [0, 0.05) is 18.1 Å². The number of nitrogens with zero attached hydrogens (tertiary/aromatic N) is 1. The molecule has 0 amide bonds. The van der Waals surface area contributed by atoms with E-state index in [1.165, 1.54) is 5.56 Å². The predicted octanol–water partition coefficient (Wildman–Crippen LogP) is 3.17. The zero-order valence-corrected chi connectivity index (χ0v) is 11.1. The topological polar surface area (TPSA) is 46.3 Å². The molecule has 0 atom stereocenters. The van der Waals surface area contributed by atoms with Gasteiger partial charge < -0.3 is 9.63 Å². The van der Waals surface area contributed by atoms with Gasteiger partial charge in [-0.05, 0) is 11.0 Å². The van der Waals surface area contributed by atoms with Crippen molar-refractivity contribution >= 4 is 0 Å². The summed E-state index contributed by atoms with van der Waals surface area (Å²) in [6, 6.07) is 10.2. The molecule has 0 aliphatic carbocycles. The number of benzene rings is 1. The van der Waals surface area contributed by atoms with Crippen molar-refractivity contribution in [2.24, 2.45) is 0 Å². The van der Waals surface area contributed by atoms with Crippen LogP contribution in [0.15, 0.2) is 34.9 Å². The van der Waals surface area contributed by atoms with Gasteiger partial charge in [0.05, 0.1) is 6.61 Å². The standard InChI is InChI=1S/C15H19NO2/c1-15(2,3)12-6-4-11(5-7-12)14-10-13(8-9-17)18-16-14/h4-7,10,17H,8-9H2,1-3H3. The molecule has 0 radical (unpaired) electrons. The number of aromatic nitrogens is 1. The van der Waals surface area contributed by atoms with Gasteiger partial charge in [-0.25, -0.2) is 0 Å². The summed E-state index contributed by atoms with van der Waals surface area (Å²) in [6.07, 6.45) is 0.507. The molecule has 2 aromatic rings. The maximum absolute atomic E-state index is 8.84. The van der Waals surface area contributed by atoms with Crippen LogP contribution in [-0.4, -0.2) is 16.9 Å². The van der Waals surface area contributed by atoms with Crippen LogP contribution >= 0.6 is 0 Å². The van der Waals surface area contributed by atoms with Crippen molar-refractivity contribution in [1.82, 2.24) is 5.16 Å². The smallest absolute Gasteiger partial charge is 0.139 e. The Balaban J connectivity index is 2.23. The molecule has 2 rings (SSSR count). The average Bonchev–Trinajstić information content (AvgIpc) is 2.77. The maximum Gasteiger partial charge on any atom is 0.139 e. The van der Waals surface area contributed by atoms with Gasteiger partial charge in [-0.1, -0.05) is 50.2 Å². The molecule has 1 heterocycles. The Hall–Kier alpha value is -1.61. The Morgan fingerprint density at radius 2 is 1.83 bits per heavy atom. The first-order valence-electron chi connectivity index (χ1n) is 6.18. The van der Waals surface area contributed by atoms with E-state index in [4.69, 9.17) is 9.63 Å². The number of rotatable bonds is 3. The number of aliphatic hydroxyl groups excluding tert-OH is 1. The molecule has 0 unspecified atom stereocenters. The fourth-order valence-electron chi connectivity index (χ4n) is 1.82. The fraction of sp³-hybridized carbons (Fsp3) is 0.400. The monoisotopic (exact) mass is 245 g/mol. The minimum Gasteiger partial charge on any atom is -0.396 e. The Morgan fingerprint density at radius 1 is 1.17 bits per heavy atom. The Morgan fingerprint density at radius 3 is 2.39 bits per heavy atom. The summed E-state index contributed by atoms with van der Waals surface area (Å²) < 4.78 is 5.15. The molecule has 3 heteroatoms. The number of hydrogen-bond donors (Lipinski definition) is 1.